The molecule has 0 fully saturated rings. The number of benzene rings is 1. The predicted molar refractivity (Wildman–Crippen MR) is 66.7 cm³/mol. The molecule has 88 valence electrons. The molecule has 2 nitrogen and oxygen atoms in total. The van der Waals surface area contributed by atoms with Gasteiger partial charge in [0.2, 0.25) is 0 Å². The van der Waals surface area contributed by atoms with Gasteiger partial charge in [-0.25, -0.2) is 4.39 Å². The number of likely N-dealkylation sites (N-methyl/N-ethyl adjacent to an activating group) is 1. The zero-order chi connectivity index (χ0) is 12.4. The van der Waals surface area contributed by atoms with Crippen molar-refractivity contribution in [2.24, 2.45) is 0 Å². The Morgan fingerprint density at radius 1 is 1.41 bits per heavy atom. The van der Waals surface area contributed by atoms with Crippen molar-refractivity contribution in [3.63, 3.8) is 0 Å². The molecule has 1 N–H and O–H groups in total. The molecule has 3 heteroatoms. The van der Waals surface area contributed by atoms with Crippen molar-refractivity contribution in [3.05, 3.63) is 60.1 Å². The van der Waals surface area contributed by atoms with Gasteiger partial charge >= 0.3 is 0 Å². The van der Waals surface area contributed by atoms with Crippen LogP contribution in [0.15, 0.2) is 48.7 Å². The van der Waals surface area contributed by atoms with Crippen LogP contribution in [-0.4, -0.2) is 16.6 Å². The van der Waals surface area contributed by atoms with Gasteiger partial charge in [-0.3, -0.25) is 0 Å². The maximum absolute atomic E-state index is 13.8. The average molecular weight is 231 g/mol. The summed E-state index contributed by atoms with van der Waals surface area (Å²) in [6, 6.07) is 4.30. The molecule has 2 rings (SSSR count). The van der Waals surface area contributed by atoms with Gasteiger partial charge < -0.3 is 10.0 Å². The lowest BCUT2D eigenvalue weighted by molar-refractivity contribution is 0.457. The van der Waals surface area contributed by atoms with E-state index in [1.807, 2.05) is 17.9 Å². The summed E-state index contributed by atoms with van der Waals surface area (Å²) < 4.78 is 13.8. The maximum Gasteiger partial charge on any atom is 0.136 e. The lowest BCUT2D eigenvalue weighted by Crippen LogP contribution is -2.22. The number of allylic oxidation sites excluding steroid dienone is 3. The number of phenols is 1. The highest BCUT2D eigenvalue weighted by Crippen LogP contribution is 2.33. The lowest BCUT2D eigenvalue weighted by Gasteiger charge is -2.29. The standard InChI is InChI=1S/C14H14FNO/c1-3-16-10(2)6-4-8-12(16)14-11(15)7-5-9-13(14)17/h4-9,17H,2-3H2,1H3. The second kappa shape index (κ2) is 4.45. The molecule has 0 aromatic heterocycles. The minimum atomic E-state index is -0.433. The Kier molecular flexibility index (Phi) is 3.00. The quantitative estimate of drug-likeness (QED) is 0.844. The number of phenolic OH excluding ortho intramolecular Hbond substituents is 1. The van der Waals surface area contributed by atoms with Crippen molar-refractivity contribution in [1.82, 2.24) is 4.90 Å². The van der Waals surface area contributed by atoms with Crippen molar-refractivity contribution in [2.75, 3.05) is 6.54 Å². The van der Waals surface area contributed by atoms with Crippen LogP contribution in [0.1, 0.15) is 12.5 Å². The Balaban J connectivity index is 2.56. The van der Waals surface area contributed by atoms with E-state index in [9.17, 15) is 9.50 Å². The Hall–Kier alpha value is -2.03. The second-order valence-electron chi connectivity index (χ2n) is 3.78. The largest absolute Gasteiger partial charge is 0.507 e. The summed E-state index contributed by atoms with van der Waals surface area (Å²) >= 11 is 0. The van der Waals surface area contributed by atoms with E-state index in [1.54, 1.807) is 12.2 Å². The predicted octanol–water partition coefficient (Wildman–Crippen LogP) is 3.28. The molecule has 1 heterocycles. The van der Waals surface area contributed by atoms with Crippen LogP contribution in [0.2, 0.25) is 0 Å². The number of halogens is 1. The molecular formula is C14H14FNO. The smallest absolute Gasteiger partial charge is 0.136 e. The molecule has 0 saturated heterocycles. The van der Waals surface area contributed by atoms with Gasteiger partial charge in [0.15, 0.2) is 0 Å². The van der Waals surface area contributed by atoms with Crippen molar-refractivity contribution < 1.29 is 9.50 Å². The fourth-order valence-corrected chi connectivity index (χ4v) is 1.94. The van der Waals surface area contributed by atoms with E-state index in [2.05, 4.69) is 6.58 Å². The van der Waals surface area contributed by atoms with E-state index in [0.717, 1.165) is 5.70 Å². The van der Waals surface area contributed by atoms with Crippen LogP contribution in [-0.2, 0) is 0 Å². The first-order chi connectivity index (χ1) is 8.15. The number of aromatic hydroxyl groups is 1. The third kappa shape index (κ3) is 1.96. The van der Waals surface area contributed by atoms with Gasteiger partial charge in [0.1, 0.15) is 11.6 Å². The van der Waals surface area contributed by atoms with Gasteiger partial charge in [-0.15, -0.1) is 0 Å². The Morgan fingerprint density at radius 2 is 2.18 bits per heavy atom. The van der Waals surface area contributed by atoms with Gasteiger partial charge in [-0.2, -0.15) is 0 Å². The van der Waals surface area contributed by atoms with Crippen LogP contribution in [0.4, 0.5) is 4.39 Å². The van der Waals surface area contributed by atoms with Gasteiger partial charge in [0.25, 0.3) is 0 Å². The summed E-state index contributed by atoms with van der Waals surface area (Å²) in [5, 5.41) is 9.78. The van der Waals surface area contributed by atoms with E-state index >= 15 is 0 Å². The van der Waals surface area contributed by atoms with Crippen molar-refractivity contribution in [1.29, 1.82) is 0 Å². The number of nitrogens with zero attached hydrogens (tertiary/aromatic N) is 1. The lowest BCUT2D eigenvalue weighted by atomic mass is 10.1. The summed E-state index contributed by atoms with van der Waals surface area (Å²) in [6.07, 6.45) is 5.43. The first-order valence-electron chi connectivity index (χ1n) is 5.47. The molecule has 0 unspecified atom stereocenters. The fourth-order valence-electron chi connectivity index (χ4n) is 1.94. The number of hydrogen-bond acceptors (Lipinski definition) is 2. The molecule has 0 amide bonds. The first-order valence-corrected chi connectivity index (χ1v) is 5.47. The third-order valence-corrected chi connectivity index (χ3v) is 2.74. The third-order valence-electron chi connectivity index (χ3n) is 2.74. The zero-order valence-corrected chi connectivity index (χ0v) is 9.65. The molecule has 0 saturated carbocycles. The van der Waals surface area contributed by atoms with Crippen molar-refractivity contribution >= 4 is 5.70 Å². The zero-order valence-electron chi connectivity index (χ0n) is 9.65. The minimum absolute atomic E-state index is 0.0576. The van der Waals surface area contributed by atoms with E-state index in [1.165, 1.54) is 18.2 Å². The molecule has 0 atom stereocenters. The molecule has 0 spiro atoms. The first kappa shape index (κ1) is 11.5. The second-order valence-corrected chi connectivity index (χ2v) is 3.78. The monoisotopic (exact) mass is 231 g/mol. The topological polar surface area (TPSA) is 23.5 Å². The maximum atomic E-state index is 13.8. The molecular weight excluding hydrogens is 217 g/mol. The summed E-state index contributed by atoms with van der Waals surface area (Å²) in [6.45, 7) is 6.52. The molecule has 0 radical (unpaired) electrons. The molecule has 0 bridgehead atoms. The van der Waals surface area contributed by atoms with Crippen molar-refractivity contribution in [2.45, 2.75) is 6.92 Å². The SMILES string of the molecule is C=C1C=CC=C(c2c(O)cccc2F)N1CC. The van der Waals surface area contributed by atoms with Gasteiger partial charge in [0.05, 0.1) is 11.3 Å². The number of rotatable bonds is 2. The fraction of sp³-hybridized carbons (Fsp3) is 0.143. The molecule has 1 aliphatic heterocycles. The van der Waals surface area contributed by atoms with Crippen LogP contribution < -0.4 is 0 Å². The van der Waals surface area contributed by atoms with E-state index in [-0.39, 0.29) is 11.3 Å². The highest BCUT2D eigenvalue weighted by atomic mass is 19.1. The van der Waals surface area contributed by atoms with Crippen LogP contribution in [0.5, 0.6) is 5.75 Å². The summed E-state index contributed by atoms with van der Waals surface area (Å²) in [5.41, 5.74) is 1.64. The van der Waals surface area contributed by atoms with Gasteiger partial charge in [-0.05, 0) is 31.2 Å². The van der Waals surface area contributed by atoms with Gasteiger partial charge in [0, 0.05) is 12.2 Å². The number of hydrogen-bond donors (Lipinski definition) is 1. The van der Waals surface area contributed by atoms with Crippen molar-refractivity contribution in [3.8, 4) is 5.75 Å². The summed E-state index contributed by atoms with van der Waals surface area (Å²) in [7, 11) is 0. The summed E-state index contributed by atoms with van der Waals surface area (Å²) in [4.78, 5) is 1.86. The Labute approximate surface area is 100.0 Å². The van der Waals surface area contributed by atoms with E-state index in [4.69, 9.17) is 0 Å². The highest BCUT2D eigenvalue weighted by molar-refractivity contribution is 5.73. The van der Waals surface area contributed by atoms with E-state index in [0.29, 0.717) is 12.2 Å². The molecule has 1 aromatic rings. The molecule has 17 heavy (non-hydrogen) atoms. The van der Waals surface area contributed by atoms with Crippen LogP contribution >= 0.6 is 0 Å². The van der Waals surface area contributed by atoms with Crippen LogP contribution in [0, 0.1) is 5.82 Å². The van der Waals surface area contributed by atoms with E-state index < -0.39 is 5.82 Å². The Bertz CT molecular complexity index is 497. The normalized spacial score (nSPS) is 15.1. The molecule has 1 aliphatic rings. The molecule has 1 aromatic carbocycles. The minimum Gasteiger partial charge on any atom is -0.507 e. The van der Waals surface area contributed by atoms with Crippen LogP contribution in [0.3, 0.4) is 0 Å². The van der Waals surface area contributed by atoms with Crippen LogP contribution in [0.25, 0.3) is 5.70 Å². The van der Waals surface area contributed by atoms with Gasteiger partial charge in [-0.1, -0.05) is 18.7 Å². The highest BCUT2D eigenvalue weighted by Gasteiger charge is 2.20. The Morgan fingerprint density at radius 3 is 2.82 bits per heavy atom. The summed E-state index contributed by atoms with van der Waals surface area (Å²) in [5.74, 6) is -0.490. The molecule has 0 aliphatic carbocycles. The average Bonchev–Trinajstić information content (AvgIpc) is 2.29.